The summed E-state index contributed by atoms with van der Waals surface area (Å²) in [6.45, 7) is 11.8. The summed E-state index contributed by atoms with van der Waals surface area (Å²) in [5, 5.41) is 1.04. The maximum atomic E-state index is 17.5. The number of ether oxygens (including phenoxy) is 2. The van der Waals surface area contributed by atoms with E-state index in [1.54, 1.807) is 21.9 Å². The molecule has 2 aromatic carbocycles. The summed E-state index contributed by atoms with van der Waals surface area (Å²) in [4.78, 5) is 17.2. The van der Waals surface area contributed by atoms with Crippen molar-refractivity contribution >= 4 is 41.3 Å². The van der Waals surface area contributed by atoms with Gasteiger partial charge >= 0.3 is 6.01 Å². The van der Waals surface area contributed by atoms with Crippen molar-refractivity contribution in [2.75, 3.05) is 43.4 Å². The molecule has 4 aromatic rings. The number of nitrogen functional groups attached to an aromatic ring is 1. The first-order valence-corrected chi connectivity index (χ1v) is 21.8. The average molecular weight is 777 g/mol. The Bertz CT molecular complexity index is 2280. The quantitative estimate of drug-likeness (QED) is 0.0825. The van der Waals surface area contributed by atoms with E-state index in [4.69, 9.17) is 17.9 Å². The second kappa shape index (κ2) is 14.2. The van der Waals surface area contributed by atoms with E-state index < -0.39 is 62.3 Å². The molecule has 0 amide bonds. The molecular weight excluding hydrogens is 725 g/mol. The van der Waals surface area contributed by atoms with Crippen LogP contribution in [0.15, 0.2) is 30.5 Å². The summed E-state index contributed by atoms with van der Waals surface area (Å²) in [7, 11) is -2.33. The van der Waals surface area contributed by atoms with Gasteiger partial charge in [-0.2, -0.15) is 9.97 Å². The van der Waals surface area contributed by atoms with Gasteiger partial charge in [0.1, 0.15) is 49.8 Å². The molecule has 3 saturated heterocycles. The summed E-state index contributed by atoms with van der Waals surface area (Å²) in [5.74, 6) is 1.90. The molecule has 2 aromatic heterocycles. The van der Waals surface area contributed by atoms with Gasteiger partial charge in [-0.1, -0.05) is 53.5 Å². The predicted octanol–water partition coefficient (Wildman–Crippen LogP) is 8.55. The summed E-state index contributed by atoms with van der Waals surface area (Å²) >= 11 is 0. The molecule has 4 aliphatic rings. The van der Waals surface area contributed by atoms with Crippen molar-refractivity contribution < 1.29 is 29.8 Å². The molecule has 5 atom stereocenters. The van der Waals surface area contributed by atoms with Crippen LogP contribution in [0.25, 0.3) is 32.9 Å². The van der Waals surface area contributed by atoms with Gasteiger partial charge in [-0.05, 0) is 66.0 Å². The number of anilines is 2. The van der Waals surface area contributed by atoms with Crippen molar-refractivity contribution in [3.05, 3.63) is 47.7 Å². The molecule has 8 rings (SSSR count). The fourth-order valence-electron chi connectivity index (χ4n) is 9.88. The van der Waals surface area contributed by atoms with Crippen LogP contribution in [-0.2, 0) is 4.74 Å². The van der Waals surface area contributed by atoms with Crippen LogP contribution < -0.4 is 15.4 Å². The second-order valence-electron chi connectivity index (χ2n) is 16.7. The monoisotopic (exact) mass is 776 g/mol. The Morgan fingerprint density at radius 3 is 2.58 bits per heavy atom. The molecule has 13 heteroatoms. The van der Waals surface area contributed by atoms with E-state index in [2.05, 4.69) is 68.0 Å². The van der Waals surface area contributed by atoms with E-state index in [1.807, 2.05) is 0 Å². The first-order chi connectivity index (χ1) is 27.0. The molecule has 0 unspecified atom stereocenters. The molecule has 3 aliphatic heterocycles. The number of rotatable bonds is 8. The lowest BCUT2D eigenvalue weighted by Gasteiger charge is -2.38. The summed E-state index contributed by atoms with van der Waals surface area (Å²) < 4.78 is 93.6. The van der Waals surface area contributed by atoms with Crippen molar-refractivity contribution in [3.63, 3.8) is 0 Å². The van der Waals surface area contributed by atoms with E-state index in [0.29, 0.717) is 55.4 Å². The number of nitrogens with zero attached hydrogens (tertiary/aromatic N) is 5. The number of alkyl halides is 2. The zero-order valence-corrected chi connectivity index (χ0v) is 33.2. The maximum Gasteiger partial charge on any atom is 0.319 e. The minimum atomic E-state index is -2.47. The number of hydrogen-bond donors (Lipinski definition) is 1. The van der Waals surface area contributed by atoms with Gasteiger partial charge in [0, 0.05) is 49.0 Å². The lowest BCUT2D eigenvalue weighted by atomic mass is 9.95. The Labute approximate surface area is 324 Å². The molecule has 55 heavy (non-hydrogen) atoms. The van der Waals surface area contributed by atoms with Crippen LogP contribution >= 0.6 is 0 Å². The van der Waals surface area contributed by atoms with Gasteiger partial charge in [0.2, 0.25) is 0 Å². The Morgan fingerprint density at radius 1 is 1.07 bits per heavy atom. The topological polar surface area (TPSA) is 89.6 Å². The molecule has 5 heterocycles. The molecule has 4 fully saturated rings. The third-order valence-corrected chi connectivity index (χ3v) is 18.8. The lowest BCUT2D eigenvalue weighted by molar-refractivity contribution is 0.105. The van der Waals surface area contributed by atoms with Crippen LogP contribution in [-0.4, -0.2) is 90.8 Å². The number of nitrogens with two attached hydrogens (primary N) is 1. The van der Waals surface area contributed by atoms with E-state index in [0.717, 1.165) is 0 Å². The molecule has 0 radical (unpaired) electrons. The first kappa shape index (κ1) is 35.4. The highest BCUT2D eigenvalue weighted by atomic mass is 28.3. The van der Waals surface area contributed by atoms with Crippen LogP contribution in [0, 0.1) is 23.1 Å². The zero-order valence-electron chi connectivity index (χ0n) is 34.2. The molecule has 1 saturated carbocycles. The Kier molecular flexibility index (Phi) is 9.14. The molecule has 0 bridgehead atoms. The smallest absolute Gasteiger partial charge is 0.319 e. The van der Waals surface area contributed by atoms with Crippen molar-refractivity contribution in [1.29, 1.82) is 0 Å². The fraction of sp³-hybridized carbons (Fsp3) is 0.548. The number of hydrogen-bond acceptors (Lipinski definition) is 8. The maximum absolute atomic E-state index is 17.5. The number of aromatic nitrogens is 3. The van der Waals surface area contributed by atoms with Crippen molar-refractivity contribution in [2.24, 2.45) is 0 Å². The average Bonchev–Trinajstić information content (AvgIpc) is 3.50. The molecule has 1 aliphatic carbocycles. The molecular formula is C42H50F4N6O2Si. The minimum absolute atomic E-state index is 0.0704. The normalized spacial score (nSPS) is 26.2. The lowest BCUT2D eigenvalue weighted by Crippen LogP contribution is -2.43. The van der Waals surface area contributed by atoms with Gasteiger partial charge < -0.3 is 20.1 Å². The highest BCUT2D eigenvalue weighted by Gasteiger charge is 2.58. The molecule has 0 spiro atoms. The Hall–Kier alpha value is -3.99. The summed E-state index contributed by atoms with van der Waals surface area (Å²) in [6, 6.07) is 4.96. The minimum Gasteiger partial charge on any atom is -0.461 e. The van der Waals surface area contributed by atoms with Crippen molar-refractivity contribution in [2.45, 2.75) is 114 Å². The van der Waals surface area contributed by atoms with Crippen LogP contribution in [0.1, 0.15) is 75.5 Å². The van der Waals surface area contributed by atoms with E-state index in [9.17, 15) is 4.39 Å². The van der Waals surface area contributed by atoms with Crippen molar-refractivity contribution in [3.8, 4) is 28.7 Å². The second-order valence-corrected chi connectivity index (χ2v) is 22.2. The standard InChI is InChI=1S/C42H50F4N6O2Si/c1-23(2)55(24(3)4,25(5)6)16-11-29-32(44)10-9-26-17-28(47)18-30(33(26)29)36-34(45)37-31(20-48-36)40(52-14-8-15-53-39-35(46)38(39)52)50-41(49-37)54-22-42-12-7-13-51(42)21-27(43)19-42/h9-10,17-18,20,23-25,27,35,38-39H,7-8,12-15,19,21-22,47H2,1-6H3/t27-,35-,38-,39+,42+/m1/s1/i22D2. The number of pyridine rings is 1. The van der Waals surface area contributed by atoms with Crippen molar-refractivity contribution in [1.82, 2.24) is 19.9 Å². The van der Waals surface area contributed by atoms with E-state index in [1.165, 1.54) is 18.3 Å². The highest BCUT2D eigenvalue weighted by Crippen LogP contribution is 2.45. The third kappa shape index (κ3) is 6.32. The van der Waals surface area contributed by atoms with Crippen LogP contribution in [0.2, 0.25) is 16.6 Å². The highest BCUT2D eigenvalue weighted by molar-refractivity contribution is 6.90. The van der Waals surface area contributed by atoms with Gasteiger partial charge in [-0.25, -0.2) is 17.6 Å². The Balaban J connectivity index is 1.33. The number of fused-ring (bicyclic) bond motifs is 4. The summed E-state index contributed by atoms with van der Waals surface area (Å²) in [6.07, 6.45) is -0.369. The van der Waals surface area contributed by atoms with Crippen LogP contribution in [0.5, 0.6) is 6.01 Å². The fourth-order valence-corrected chi connectivity index (χ4v) is 15.1. The van der Waals surface area contributed by atoms with Gasteiger partial charge in [0.15, 0.2) is 12.0 Å². The van der Waals surface area contributed by atoms with E-state index >= 15 is 13.2 Å². The molecule has 8 nitrogen and oxygen atoms in total. The van der Waals surface area contributed by atoms with Gasteiger partial charge in [-0.15, -0.1) is 5.54 Å². The third-order valence-electron chi connectivity index (χ3n) is 12.5. The Morgan fingerprint density at radius 2 is 1.84 bits per heavy atom. The van der Waals surface area contributed by atoms with E-state index in [-0.39, 0.29) is 63.1 Å². The van der Waals surface area contributed by atoms with Crippen LogP contribution in [0.4, 0.5) is 29.1 Å². The van der Waals surface area contributed by atoms with Gasteiger partial charge in [0.25, 0.3) is 0 Å². The number of halogens is 4. The van der Waals surface area contributed by atoms with Gasteiger partial charge in [-0.3, -0.25) is 9.88 Å². The predicted molar refractivity (Wildman–Crippen MR) is 211 cm³/mol. The molecule has 2 N–H and O–H groups in total. The molecule has 292 valence electrons. The van der Waals surface area contributed by atoms with Crippen LogP contribution in [0.3, 0.4) is 0 Å². The van der Waals surface area contributed by atoms with Gasteiger partial charge in [0.05, 0.1) is 25.3 Å². The SMILES string of the molecule is [2H]C([2H])(Oc1nc(N2CCCO[C@H]3[C@H](F)[C@H]32)c2cnc(-c3cc(N)cc4ccc(F)c(C#C[Si](C(C)C)(C(C)C)C(C)C)c34)c(F)c2n1)[C@@]12CCCN1C[C@H](F)C2. The first-order valence-electron chi connectivity index (χ1n) is 20.5. The largest absolute Gasteiger partial charge is 0.461 e. The number of benzene rings is 2. The summed E-state index contributed by atoms with van der Waals surface area (Å²) in [5.41, 5.74) is 9.77. The zero-order chi connectivity index (χ0) is 40.8.